The van der Waals surface area contributed by atoms with Crippen LogP contribution in [0.25, 0.3) is 0 Å². The molecule has 0 saturated carbocycles. The van der Waals surface area contributed by atoms with Gasteiger partial charge in [0.2, 0.25) is 0 Å². The Morgan fingerprint density at radius 1 is 0.586 bits per heavy atom. The predicted molar refractivity (Wildman–Crippen MR) is 125 cm³/mol. The quantitative estimate of drug-likeness (QED) is 0.445. The van der Waals surface area contributed by atoms with Gasteiger partial charge in [0.05, 0.1) is 6.61 Å². The van der Waals surface area contributed by atoms with E-state index in [1.165, 1.54) is 40.7 Å². The highest BCUT2D eigenvalue weighted by Gasteiger charge is 2.01. The van der Waals surface area contributed by atoms with Crippen LogP contribution in [-0.4, -0.2) is 11.4 Å². The number of aryl methyl sites for hydroxylation is 4. The van der Waals surface area contributed by atoms with E-state index < -0.39 is 0 Å². The zero-order valence-corrected chi connectivity index (χ0v) is 19.0. The van der Waals surface area contributed by atoms with Gasteiger partial charge in [-0.3, -0.25) is 0 Å². The first kappa shape index (κ1) is 25.1. The molecule has 160 valence electrons. The van der Waals surface area contributed by atoms with E-state index in [1.807, 2.05) is 0 Å². The molecule has 1 N–H and O–H groups in total. The normalized spacial score (nSPS) is 10.4. The van der Waals surface area contributed by atoms with Crippen molar-refractivity contribution in [3.63, 3.8) is 0 Å². The Bertz CT molecular complexity index is 670. The molecule has 0 aliphatic rings. The Kier molecular flexibility index (Phi) is 13.0. The largest absolute Gasteiger partial charge is 0.392 e. The smallest absolute Gasteiger partial charge is 0.124 e. The molecular weight excluding hydrogens is 356 g/mol. The molecule has 0 atom stereocenters. The number of aliphatic hydroxyl groups excluding tert-OH is 1. The zero-order valence-electron chi connectivity index (χ0n) is 19.0. The molecule has 2 aromatic rings. The maximum atomic E-state index is 10.5. The summed E-state index contributed by atoms with van der Waals surface area (Å²) in [4.78, 5) is 10.5. The van der Waals surface area contributed by atoms with Gasteiger partial charge in [0.1, 0.15) is 6.29 Å². The highest BCUT2D eigenvalue weighted by molar-refractivity contribution is 5.55. The summed E-state index contributed by atoms with van der Waals surface area (Å²) in [5, 5.41) is 9.12. The van der Waals surface area contributed by atoms with Crippen molar-refractivity contribution in [1.82, 2.24) is 0 Å². The molecule has 0 saturated heterocycles. The summed E-state index contributed by atoms with van der Waals surface area (Å²) in [6.07, 6.45) is 10.7. The summed E-state index contributed by atoms with van der Waals surface area (Å²) in [5.74, 6) is 0. The van der Waals surface area contributed by atoms with Gasteiger partial charge in [0, 0.05) is 6.42 Å². The molecule has 0 aliphatic carbocycles. The fraction of sp³-hybridized carbons (Fsp3) is 0.519. The first-order valence-electron chi connectivity index (χ1n) is 11.4. The number of hydrogen-bond donors (Lipinski definition) is 1. The molecule has 0 amide bonds. The second-order valence-corrected chi connectivity index (χ2v) is 7.84. The number of benzene rings is 2. The van der Waals surface area contributed by atoms with Gasteiger partial charge in [0.15, 0.2) is 0 Å². The number of carbonyl (C=O) groups excluding carboxylic acids is 1. The van der Waals surface area contributed by atoms with Gasteiger partial charge in [-0.2, -0.15) is 0 Å². The number of rotatable bonds is 11. The second kappa shape index (κ2) is 15.0. The van der Waals surface area contributed by atoms with Crippen molar-refractivity contribution in [1.29, 1.82) is 0 Å². The monoisotopic (exact) mass is 396 g/mol. The molecule has 0 aliphatic heterocycles. The third-order valence-electron chi connectivity index (χ3n) is 4.88. The van der Waals surface area contributed by atoms with Crippen LogP contribution in [0.5, 0.6) is 0 Å². The van der Waals surface area contributed by atoms with Crippen molar-refractivity contribution >= 4 is 6.29 Å². The third-order valence-corrected chi connectivity index (χ3v) is 4.88. The lowest BCUT2D eigenvalue weighted by Crippen LogP contribution is -1.94. The van der Waals surface area contributed by atoms with Crippen LogP contribution in [0.2, 0.25) is 0 Å². The molecule has 0 aromatic heterocycles. The molecule has 0 heterocycles. The molecule has 0 bridgehead atoms. The summed E-state index contributed by atoms with van der Waals surface area (Å²) in [6.45, 7) is 8.91. The van der Waals surface area contributed by atoms with E-state index in [0.29, 0.717) is 6.42 Å². The minimum atomic E-state index is 0.161. The van der Waals surface area contributed by atoms with Crippen molar-refractivity contribution in [2.75, 3.05) is 0 Å². The highest BCUT2D eigenvalue weighted by atomic mass is 16.3. The lowest BCUT2D eigenvalue weighted by molar-refractivity contribution is -0.107. The molecule has 2 heteroatoms. The molecule has 29 heavy (non-hydrogen) atoms. The minimum absolute atomic E-state index is 0.161. The van der Waals surface area contributed by atoms with Gasteiger partial charge >= 0.3 is 0 Å². The number of aliphatic hydroxyl groups is 1. The fourth-order valence-electron chi connectivity index (χ4n) is 3.72. The Labute approximate surface area is 178 Å². The average Bonchev–Trinajstić information content (AvgIpc) is 2.69. The van der Waals surface area contributed by atoms with Gasteiger partial charge < -0.3 is 9.90 Å². The van der Waals surface area contributed by atoms with Crippen molar-refractivity contribution in [2.45, 2.75) is 92.1 Å². The maximum absolute atomic E-state index is 10.5. The van der Waals surface area contributed by atoms with E-state index in [2.05, 4.69) is 64.1 Å². The number of aldehydes is 1. The highest BCUT2D eigenvalue weighted by Crippen LogP contribution is 2.15. The molecule has 2 aromatic carbocycles. The molecule has 0 radical (unpaired) electrons. The molecule has 0 unspecified atom stereocenters. The minimum Gasteiger partial charge on any atom is -0.392 e. The van der Waals surface area contributed by atoms with E-state index in [1.54, 1.807) is 0 Å². The van der Waals surface area contributed by atoms with Gasteiger partial charge in [-0.05, 0) is 59.1 Å². The Morgan fingerprint density at radius 2 is 0.897 bits per heavy atom. The molecule has 0 fully saturated rings. The lowest BCUT2D eigenvalue weighted by atomic mass is 9.99. The maximum Gasteiger partial charge on any atom is 0.124 e. The number of carbonyl (C=O) groups is 1. The van der Waals surface area contributed by atoms with E-state index in [0.717, 1.165) is 50.4 Å². The molecule has 0 spiro atoms. The topological polar surface area (TPSA) is 37.3 Å². The Morgan fingerprint density at radius 3 is 1.17 bits per heavy atom. The first-order valence-corrected chi connectivity index (χ1v) is 11.4. The van der Waals surface area contributed by atoms with Crippen LogP contribution < -0.4 is 0 Å². The summed E-state index contributed by atoms with van der Waals surface area (Å²) in [5.41, 5.74) is 7.70. The van der Waals surface area contributed by atoms with Crippen LogP contribution in [-0.2, 0) is 43.5 Å². The van der Waals surface area contributed by atoms with Gasteiger partial charge in [-0.15, -0.1) is 0 Å². The third kappa shape index (κ3) is 9.89. The second-order valence-electron chi connectivity index (χ2n) is 7.84. The van der Waals surface area contributed by atoms with Crippen LogP contribution in [0, 0.1) is 0 Å². The van der Waals surface area contributed by atoms with E-state index in [-0.39, 0.29) is 6.61 Å². The summed E-state index contributed by atoms with van der Waals surface area (Å²) in [7, 11) is 0. The van der Waals surface area contributed by atoms with Crippen molar-refractivity contribution in [3.8, 4) is 0 Å². The van der Waals surface area contributed by atoms with Crippen molar-refractivity contribution in [3.05, 3.63) is 69.8 Å². The SMILES string of the molecule is CCCc1cc(CC=O)cc(CCC)c1.CCCc1cc(CO)cc(CCC)c1. The molecule has 2 rings (SSSR count). The Hall–Kier alpha value is -1.93. The summed E-state index contributed by atoms with van der Waals surface area (Å²) >= 11 is 0. The first-order chi connectivity index (χ1) is 14.1. The van der Waals surface area contributed by atoms with Gasteiger partial charge in [-0.25, -0.2) is 0 Å². The van der Waals surface area contributed by atoms with Crippen LogP contribution >= 0.6 is 0 Å². The van der Waals surface area contributed by atoms with Crippen LogP contribution in [0.15, 0.2) is 36.4 Å². The number of hydrogen-bond acceptors (Lipinski definition) is 2. The summed E-state index contributed by atoms with van der Waals surface area (Å²) < 4.78 is 0. The van der Waals surface area contributed by atoms with Crippen LogP contribution in [0.3, 0.4) is 0 Å². The van der Waals surface area contributed by atoms with Gasteiger partial charge in [0.25, 0.3) is 0 Å². The van der Waals surface area contributed by atoms with Crippen LogP contribution in [0.1, 0.15) is 86.8 Å². The standard InChI is InChI=1S/C14H20O.C13H20O/c1-3-5-12-9-13(6-4-2)11-14(10-12)7-8-15;1-3-5-11-7-12(6-4-2)9-13(8-11)10-14/h8-11H,3-7H2,1-2H3;7-9,14H,3-6,10H2,1-2H3. The van der Waals surface area contributed by atoms with Gasteiger partial charge in [-0.1, -0.05) is 89.8 Å². The zero-order chi connectivity index (χ0) is 21.5. The van der Waals surface area contributed by atoms with Crippen molar-refractivity contribution < 1.29 is 9.90 Å². The van der Waals surface area contributed by atoms with E-state index in [9.17, 15) is 4.79 Å². The lowest BCUT2D eigenvalue weighted by Gasteiger charge is -2.07. The predicted octanol–water partition coefficient (Wildman–Crippen LogP) is 6.42. The van der Waals surface area contributed by atoms with E-state index >= 15 is 0 Å². The van der Waals surface area contributed by atoms with E-state index in [4.69, 9.17) is 5.11 Å². The van der Waals surface area contributed by atoms with Crippen LogP contribution in [0.4, 0.5) is 0 Å². The Balaban J connectivity index is 0.000000291. The molecular formula is C27H40O2. The average molecular weight is 397 g/mol. The molecule has 2 nitrogen and oxygen atoms in total. The summed E-state index contributed by atoms with van der Waals surface area (Å²) in [6, 6.07) is 13.1. The fourth-order valence-corrected chi connectivity index (χ4v) is 3.72. The van der Waals surface area contributed by atoms with Crippen molar-refractivity contribution in [2.24, 2.45) is 0 Å².